The second-order valence-corrected chi connectivity index (χ2v) is 6.03. The highest BCUT2D eigenvalue weighted by atomic mass is 32.1. The minimum atomic E-state index is 0.718. The first-order valence-electron chi connectivity index (χ1n) is 6.58. The molecule has 108 valence electrons. The highest BCUT2D eigenvalue weighted by molar-refractivity contribution is 7.15. The maximum Gasteiger partial charge on any atom is 0.148 e. The summed E-state index contributed by atoms with van der Waals surface area (Å²) in [4.78, 5) is 10.1. The summed E-state index contributed by atoms with van der Waals surface area (Å²) in [6.07, 6.45) is 1.86. The van der Waals surface area contributed by atoms with Crippen molar-refractivity contribution in [2.45, 2.75) is 13.8 Å². The molecule has 0 fully saturated rings. The SMILES string of the molecule is COc1cc(OC)c2nc(-c3cnc(C)s3)cc(C)c2c1. The Kier molecular flexibility index (Phi) is 3.51. The van der Waals surface area contributed by atoms with Crippen LogP contribution in [0.1, 0.15) is 10.6 Å². The Morgan fingerprint density at radius 3 is 2.48 bits per heavy atom. The molecule has 0 unspecified atom stereocenters. The summed E-state index contributed by atoms with van der Waals surface area (Å²) in [5, 5.41) is 2.07. The number of pyridine rings is 1. The number of hydrogen-bond donors (Lipinski definition) is 0. The molecule has 4 nitrogen and oxygen atoms in total. The lowest BCUT2D eigenvalue weighted by Crippen LogP contribution is -1.94. The van der Waals surface area contributed by atoms with E-state index in [1.807, 2.05) is 25.3 Å². The molecule has 21 heavy (non-hydrogen) atoms. The van der Waals surface area contributed by atoms with Gasteiger partial charge < -0.3 is 9.47 Å². The molecule has 0 radical (unpaired) electrons. The average Bonchev–Trinajstić information content (AvgIpc) is 2.92. The Balaban J connectivity index is 2.27. The van der Waals surface area contributed by atoms with E-state index in [1.165, 1.54) is 0 Å². The van der Waals surface area contributed by atoms with Gasteiger partial charge in [0.15, 0.2) is 0 Å². The monoisotopic (exact) mass is 300 g/mol. The first-order valence-corrected chi connectivity index (χ1v) is 7.40. The number of fused-ring (bicyclic) bond motifs is 1. The maximum atomic E-state index is 5.47. The highest BCUT2D eigenvalue weighted by Crippen LogP contribution is 2.35. The van der Waals surface area contributed by atoms with E-state index in [1.54, 1.807) is 25.6 Å². The van der Waals surface area contributed by atoms with E-state index in [9.17, 15) is 0 Å². The van der Waals surface area contributed by atoms with Crippen molar-refractivity contribution in [3.63, 3.8) is 0 Å². The number of ether oxygens (including phenoxy) is 2. The van der Waals surface area contributed by atoms with Crippen molar-refractivity contribution < 1.29 is 9.47 Å². The Hall–Kier alpha value is -2.14. The van der Waals surface area contributed by atoms with E-state index in [0.29, 0.717) is 0 Å². The molecule has 0 aliphatic carbocycles. The molecule has 0 atom stereocenters. The summed E-state index contributed by atoms with van der Waals surface area (Å²) in [5.74, 6) is 1.49. The minimum Gasteiger partial charge on any atom is -0.497 e. The fraction of sp³-hybridized carbons (Fsp3) is 0.250. The summed E-state index contributed by atoms with van der Waals surface area (Å²) in [7, 11) is 3.30. The predicted molar refractivity (Wildman–Crippen MR) is 85.4 cm³/mol. The Morgan fingerprint density at radius 2 is 1.86 bits per heavy atom. The molecule has 2 aromatic heterocycles. The molecule has 3 rings (SSSR count). The summed E-state index contributed by atoms with van der Waals surface area (Å²) in [5.41, 5.74) is 2.91. The first kappa shape index (κ1) is 13.8. The Bertz CT molecular complexity index is 811. The number of aromatic nitrogens is 2. The van der Waals surface area contributed by atoms with Crippen molar-refractivity contribution in [1.29, 1.82) is 0 Å². The molecule has 0 N–H and O–H groups in total. The molecular formula is C16H16N2O2S. The van der Waals surface area contributed by atoms with Crippen LogP contribution in [-0.4, -0.2) is 24.2 Å². The smallest absolute Gasteiger partial charge is 0.148 e. The molecule has 0 aliphatic heterocycles. The Labute approximate surface area is 127 Å². The van der Waals surface area contributed by atoms with Crippen molar-refractivity contribution in [1.82, 2.24) is 9.97 Å². The number of nitrogens with zero attached hydrogens (tertiary/aromatic N) is 2. The quantitative estimate of drug-likeness (QED) is 0.733. The van der Waals surface area contributed by atoms with Gasteiger partial charge in [-0.25, -0.2) is 9.97 Å². The number of methoxy groups -OCH3 is 2. The third-order valence-electron chi connectivity index (χ3n) is 3.39. The van der Waals surface area contributed by atoms with Crippen LogP contribution in [0, 0.1) is 13.8 Å². The van der Waals surface area contributed by atoms with Gasteiger partial charge in [0.05, 0.1) is 29.8 Å². The van der Waals surface area contributed by atoms with E-state index >= 15 is 0 Å². The third-order valence-corrected chi connectivity index (χ3v) is 4.32. The van der Waals surface area contributed by atoms with Gasteiger partial charge in [-0.1, -0.05) is 0 Å². The van der Waals surface area contributed by atoms with E-state index < -0.39 is 0 Å². The molecular weight excluding hydrogens is 284 g/mol. The number of benzene rings is 1. The molecule has 0 spiro atoms. The molecule has 0 saturated carbocycles. The van der Waals surface area contributed by atoms with Gasteiger partial charge in [0, 0.05) is 17.6 Å². The van der Waals surface area contributed by atoms with Crippen LogP contribution in [0.5, 0.6) is 11.5 Å². The van der Waals surface area contributed by atoms with Crippen molar-refractivity contribution >= 4 is 22.2 Å². The number of aryl methyl sites for hydroxylation is 2. The van der Waals surface area contributed by atoms with Crippen molar-refractivity contribution in [3.05, 3.63) is 35.0 Å². The molecule has 0 bridgehead atoms. The van der Waals surface area contributed by atoms with Crippen LogP contribution in [0.3, 0.4) is 0 Å². The second-order valence-electron chi connectivity index (χ2n) is 4.79. The van der Waals surface area contributed by atoms with Crippen LogP contribution in [-0.2, 0) is 0 Å². The predicted octanol–water partition coefficient (Wildman–Crippen LogP) is 3.99. The van der Waals surface area contributed by atoms with Gasteiger partial charge >= 0.3 is 0 Å². The standard InChI is InChI=1S/C16H16N2O2S/c1-9-5-13(15-8-17-10(2)21-15)18-16-12(9)6-11(19-3)7-14(16)20-4/h5-8H,1-4H3. The summed E-state index contributed by atoms with van der Waals surface area (Å²) in [6, 6.07) is 5.92. The van der Waals surface area contributed by atoms with Crippen molar-refractivity contribution in [2.24, 2.45) is 0 Å². The van der Waals surface area contributed by atoms with E-state index in [4.69, 9.17) is 14.5 Å². The van der Waals surface area contributed by atoms with Crippen LogP contribution in [0.2, 0.25) is 0 Å². The molecule has 1 aromatic carbocycles. The zero-order valence-corrected chi connectivity index (χ0v) is 13.2. The largest absolute Gasteiger partial charge is 0.497 e. The van der Waals surface area contributed by atoms with Crippen LogP contribution in [0.25, 0.3) is 21.5 Å². The number of hydrogen-bond acceptors (Lipinski definition) is 5. The zero-order chi connectivity index (χ0) is 15.0. The molecule has 5 heteroatoms. The fourth-order valence-corrected chi connectivity index (χ4v) is 3.05. The molecule has 3 aromatic rings. The summed E-state index contributed by atoms with van der Waals surface area (Å²) < 4.78 is 10.8. The number of thiazole rings is 1. The van der Waals surface area contributed by atoms with Gasteiger partial charge in [-0.15, -0.1) is 11.3 Å². The lowest BCUT2D eigenvalue weighted by molar-refractivity contribution is 0.397. The van der Waals surface area contributed by atoms with Gasteiger partial charge in [-0.3, -0.25) is 0 Å². The lowest BCUT2D eigenvalue weighted by atomic mass is 10.1. The molecule has 0 amide bonds. The summed E-state index contributed by atoms with van der Waals surface area (Å²) >= 11 is 1.64. The van der Waals surface area contributed by atoms with Crippen LogP contribution >= 0.6 is 11.3 Å². The lowest BCUT2D eigenvalue weighted by Gasteiger charge is -2.11. The van der Waals surface area contributed by atoms with Crippen LogP contribution in [0.15, 0.2) is 24.4 Å². The highest BCUT2D eigenvalue weighted by Gasteiger charge is 2.12. The van der Waals surface area contributed by atoms with Crippen molar-refractivity contribution in [2.75, 3.05) is 14.2 Å². The number of rotatable bonds is 3. The molecule has 0 aliphatic rings. The van der Waals surface area contributed by atoms with Gasteiger partial charge in [-0.2, -0.15) is 0 Å². The first-order chi connectivity index (χ1) is 10.1. The zero-order valence-electron chi connectivity index (χ0n) is 12.4. The normalized spacial score (nSPS) is 10.9. The van der Waals surface area contributed by atoms with E-state index in [2.05, 4.69) is 18.0 Å². The second kappa shape index (κ2) is 5.33. The molecule has 0 saturated heterocycles. The van der Waals surface area contributed by atoms with Gasteiger partial charge in [0.2, 0.25) is 0 Å². The average molecular weight is 300 g/mol. The van der Waals surface area contributed by atoms with Crippen molar-refractivity contribution in [3.8, 4) is 22.1 Å². The van der Waals surface area contributed by atoms with Gasteiger partial charge in [0.25, 0.3) is 0 Å². The van der Waals surface area contributed by atoms with E-state index in [-0.39, 0.29) is 0 Å². The van der Waals surface area contributed by atoms with Crippen LogP contribution in [0.4, 0.5) is 0 Å². The molecule has 2 heterocycles. The van der Waals surface area contributed by atoms with Gasteiger partial charge in [-0.05, 0) is 31.5 Å². The maximum absolute atomic E-state index is 5.47. The van der Waals surface area contributed by atoms with Gasteiger partial charge in [0.1, 0.15) is 17.0 Å². The Morgan fingerprint density at radius 1 is 1.05 bits per heavy atom. The van der Waals surface area contributed by atoms with E-state index in [0.717, 1.165) is 43.5 Å². The topological polar surface area (TPSA) is 44.2 Å². The third kappa shape index (κ3) is 2.45. The fourth-order valence-electron chi connectivity index (χ4n) is 2.31. The van der Waals surface area contributed by atoms with Crippen LogP contribution < -0.4 is 9.47 Å². The minimum absolute atomic E-state index is 0.718. The summed E-state index contributed by atoms with van der Waals surface area (Å²) in [6.45, 7) is 4.06.